The summed E-state index contributed by atoms with van der Waals surface area (Å²) in [4.78, 5) is 24.2. The van der Waals surface area contributed by atoms with E-state index >= 15 is 0 Å². The molecule has 1 aromatic heterocycles. The fraction of sp³-hybridized carbons (Fsp3) is 0.190. The summed E-state index contributed by atoms with van der Waals surface area (Å²) in [5.74, 6) is -0.261. The molecule has 0 spiro atoms. The van der Waals surface area contributed by atoms with Gasteiger partial charge in [-0.05, 0) is 48.7 Å². The zero-order chi connectivity index (χ0) is 20.2. The summed E-state index contributed by atoms with van der Waals surface area (Å²) in [6.45, 7) is 0.482. The maximum absolute atomic E-state index is 12.5. The van der Waals surface area contributed by atoms with Crippen molar-refractivity contribution in [3.05, 3.63) is 77.1 Å². The number of rotatable bonds is 6. The molecule has 1 aliphatic rings. The van der Waals surface area contributed by atoms with Crippen LogP contribution >= 0.6 is 11.6 Å². The lowest BCUT2D eigenvalue weighted by Gasteiger charge is -2.08. The number of nitrogens with zero attached hydrogens (tertiary/aromatic N) is 2. The number of benzene rings is 2. The summed E-state index contributed by atoms with van der Waals surface area (Å²) in [7, 11) is 0. The highest BCUT2D eigenvalue weighted by molar-refractivity contribution is 6.31. The molecular weight excluding hydrogens is 390 g/mol. The summed E-state index contributed by atoms with van der Waals surface area (Å²) in [6.07, 6.45) is 5.27. The van der Waals surface area contributed by atoms with E-state index in [4.69, 9.17) is 11.6 Å². The minimum absolute atomic E-state index is 0.213. The van der Waals surface area contributed by atoms with Crippen LogP contribution in [0.5, 0.6) is 0 Å². The number of hydrogen-bond acceptors (Lipinski definition) is 3. The van der Waals surface area contributed by atoms with Gasteiger partial charge in [0.1, 0.15) is 0 Å². The molecular formula is C21H20ClN5O2. The third-order valence-electron chi connectivity index (χ3n) is 4.50. The first kappa shape index (κ1) is 19.0. The quantitative estimate of drug-likeness (QED) is 0.572. The van der Waals surface area contributed by atoms with Crippen molar-refractivity contribution in [1.29, 1.82) is 0 Å². The number of aromatic nitrogens is 2. The first-order valence-corrected chi connectivity index (χ1v) is 9.69. The van der Waals surface area contributed by atoms with Gasteiger partial charge < -0.3 is 16.0 Å². The fourth-order valence-corrected chi connectivity index (χ4v) is 2.98. The number of urea groups is 1. The molecule has 1 heterocycles. The molecule has 0 radical (unpaired) electrons. The fourth-order valence-electron chi connectivity index (χ4n) is 2.79. The van der Waals surface area contributed by atoms with Gasteiger partial charge in [-0.3, -0.25) is 9.48 Å². The Balaban J connectivity index is 1.33. The molecule has 1 aliphatic carbocycles. The van der Waals surface area contributed by atoms with Crippen molar-refractivity contribution in [3.63, 3.8) is 0 Å². The van der Waals surface area contributed by atoms with Crippen LogP contribution in [0.1, 0.15) is 28.8 Å². The normalized spacial score (nSPS) is 13.0. The second kappa shape index (κ2) is 8.36. The van der Waals surface area contributed by atoms with Gasteiger partial charge in [0.2, 0.25) is 0 Å². The zero-order valence-corrected chi connectivity index (χ0v) is 16.3. The van der Waals surface area contributed by atoms with E-state index in [9.17, 15) is 9.59 Å². The maximum atomic E-state index is 12.5. The molecule has 1 fully saturated rings. The lowest BCUT2D eigenvalue weighted by molar-refractivity contribution is 0.102. The predicted octanol–water partition coefficient (Wildman–Crippen LogP) is 4.12. The van der Waals surface area contributed by atoms with E-state index in [1.807, 2.05) is 24.3 Å². The van der Waals surface area contributed by atoms with Crippen LogP contribution in [-0.4, -0.2) is 27.8 Å². The van der Waals surface area contributed by atoms with E-state index in [0.29, 0.717) is 34.5 Å². The Morgan fingerprint density at radius 3 is 2.41 bits per heavy atom. The number of nitrogens with one attached hydrogen (secondary N) is 3. The van der Waals surface area contributed by atoms with Gasteiger partial charge in [-0.2, -0.15) is 5.10 Å². The van der Waals surface area contributed by atoms with E-state index in [1.54, 1.807) is 35.1 Å². The lowest BCUT2D eigenvalue weighted by Crippen LogP contribution is -2.30. The van der Waals surface area contributed by atoms with Crippen LogP contribution in [-0.2, 0) is 6.54 Å². The molecule has 4 rings (SSSR count). The molecule has 7 nitrogen and oxygen atoms in total. The predicted molar refractivity (Wildman–Crippen MR) is 112 cm³/mol. The minimum Gasteiger partial charge on any atom is -0.335 e. The molecule has 0 unspecified atom stereocenters. The molecule has 29 heavy (non-hydrogen) atoms. The van der Waals surface area contributed by atoms with Gasteiger partial charge in [0.05, 0.1) is 18.3 Å². The number of halogens is 1. The molecule has 3 N–H and O–H groups in total. The molecule has 8 heteroatoms. The Kier molecular flexibility index (Phi) is 5.48. The Morgan fingerprint density at radius 1 is 1.03 bits per heavy atom. The van der Waals surface area contributed by atoms with Crippen LogP contribution in [0.25, 0.3) is 0 Å². The Bertz CT molecular complexity index is 1030. The highest BCUT2D eigenvalue weighted by Gasteiger charge is 2.23. The molecule has 0 atom stereocenters. The summed E-state index contributed by atoms with van der Waals surface area (Å²) in [6, 6.07) is 14.6. The largest absolute Gasteiger partial charge is 0.335 e. The third kappa shape index (κ3) is 5.14. The first-order chi connectivity index (χ1) is 14.1. The van der Waals surface area contributed by atoms with Gasteiger partial charge >= 0.3 is 6.03 Å². The number of carbonyl (C=O) groups excluding carboxylic acids is 2. The molecule has 2 aromatic carbocycles. The van der Waals surface area contributed by atoms with Crippen molar-refractivity contribution < 1.29 is 9.59 Å². The minimum atomic E-state index is -0.261. The highest BCUT2D eigenvalue weighted by atomic mass is 35.5. The average Bonchev–Trinajstić information content (AvgIpc) is 3.39. The van der Waals surface area contributed by atoms with E-state index < -0.39 is 0 Å². The van der Waals surface area contributed by atoms with Crippen molar-refractivity contribution in [1.82, 2.24) is 15.1 Å². The molecule has 0 aliphatic heterocycles. The third-order valence-corrected chi connectivity index (χ3v) is 4.87. The molecule has 148 valence electrons. The Hall–Kier alpha value is -3.32. The SMILES string of the molecule is O=C(Nc1ccc(NC(=O)c2cnn(Cc3ccccc3Cl)c2)cc1)NC1CC1. The number of carbonyl (C=O) groups is 2. The molecule has 1 saturated carbocycles. The van der Waals surface area contributed by atoms with Gasteiger partial charge in [-0.15, -0.1) is 0 Å². The van der Waals surface area contributed by atoms with Crippen molar-refractivity contribution in [3.8, 4) is 0 Å². The second-order valence-electron chi connectivity index (χ2n) is 6.92. The highest BCUT2D eigenvalue weighted by Crippen LogP contribution is 2.20. The van der Waals surface area contributed by atoms with Gasteiger partial charge in [0.25, 0.3) is 5.91 Å². The summed E-state index contributed by atoms with van der Waals surface area (Å²) in [5.41, 5.74) is 2.66. The maximum Gasteiger partial charge on any atom is 0.319 e. The molecule has 3 aromatic rings. The van der Waals surface area contributed by atoms with Crippen LogP contribution in [0.3, 0.4) is 0 Å². The standard InChI is InChI=1S/C21H20ClN5O2/c22-19-4-2-1-3-14(19)12-27-13-15(11-23-27)20(28)24-16-5-7-17(8-6-16)25-21(29)26-18-9-10-18/h1-8,11,13,18H,9-10,12H2,(H,24,28)(H2,25,26,29). The van der Waals surface area contributed by atoms with E-state index in [-0.39, 0.29) is 11.9 Å². The van der Waals surface area contributed by atoms with Crippen LogP contribution in [0.15, 0.2) is 60.9 Å². The van der Waals surface area contributed by atoms with Crippen LogP contribution in [0.2, 0.25) is 5.02 Å². The van der Waals surface area contributed by atoms with Crippen LogP contribution < -0.4 is 16.0 Å². The Morgan fingerprint density at radius 2 is 1.72 bits per heavy atom. The summed E-state index contributed by atoms with van der Waals surface area (Å²) >= 11 is 6.17. The van der Waals surface area contributed by atoms with Crippen molar-refractivity contribution >= 4 is 34.9 Å². The molecule has 0 saturated heterocycles. The van der Waals surface area contributed by atoms with Crippen LogP contribution in [0, 0.1) is 0 Å². The summed E-state index contributed by atoms with van der Waals surface area (Å²) in [5, 5.41) is 13.3. The van der Waals surface area contributed by atoms with Gasteiger partial charge in [0.15, 0.2) is 0 Å². The van der Waals surface area contributed by atoms with Crippen LogP contribution in [0.4, 0.5) is 16.2 Å². The van der Waals surface area contributed by atoms with E-state index in [0.717, 1.165) is 18.4 Å². The topological polar surface area (TPSA) is 88.1 Å². The van der Waals surface area contributed by atoms with E-state index in [2.05, 4.69) is 21.0 Å². The monoisotopic (exact) mass is 409 g/mol. The van der Waals surface area contributed by atoms with Crippen molar-refractivity contribution in [2.24, 2.45) is 0 Å². The zero-order valence-electron chi connectivity index (χ0n) is 15.6. The second-order valence-corrected chi connectivity index (χ2v) is 7.33. The average molecular weight is 410 g/mol. The number of hydrogen-bond donors (Lipinski definition) is 3. The van der Waals surface area contributed by atoms with Crippen molar-refractivity contribution in [2.45, 2.75) is 25.4 Å². The molecule has 0 bridgehead atoms. The first-order valence-electron chi connectivity index (χ1n) is 9.31. The molecule has 3 amide bonds. The van der Waals surface area contributed by atoms with Gasteiger partial charge in [-0.1, -0.05) is 29.8 Å². The Labute approximate surface area is 173 Å². The van der Waals surface area contributed by atoms with Gasteiger partial charge in [0, 0.05) is 28.6 Å². The smallest absolute Gasteiger partial charge is 0.319 e. The van der Waals surface area contributed by atoms with Gasteiger partial charge in [-0.25, -0.2) is 4.79 Å². The van der Waals surface area contributed by atoms with Crippen molar-refractivity contribution in [2.75, 3.05) is 10.6 Å². The number of amides is 3. The van der Waals surface area contributed by atoms with E-state index in [1.165, 1.54) is 6.20 Å². The summed E-state index contributed by atoms with van der Waals surface area (Å²) < 4.78 is 1.67. The number of anilines is 2. The lowest BCUT2D eigenvalue weighted by atomic mass is 10.2.